The third kappa shape index (κ3) is 8.25. The van der Waals surface area contributed by atoms with E-state index in [2.05, 4.69) is 6.92 Å². The topological polar surface area (TPSA) is 9.23 Å². The molecule has 1 nitrogen and oxygen atoms in total. The lowest BCUT2D eigenvalue weighted by Gasteiger charge is -2.02. The lowest BCUT2D eigenvalue weighted by Crippen LogP contribution is -2.05. The van der Waals surface area contributed by atoms with Crippen molar-refractivity contribution in [2.75, 3.05) is 13.2 Å². The van der Waals surface area contributed by atoms with E-state index in [1.807, 2.05) is 6.92 Å². The van der Waals surface area contributed by atoms with Crippen molar-refractivity contribution in [3.8, 4) is 0 Å². The van der Waals surface area contributed by atoms with E-state index in [9.17, 15) is 0 Å². The van der Waals surface area contributed by atoms with Crippen LogP contribution in [0.2, 0.25) is 0 Å². The molecule has 9 heavy (non-hydrogen) atoms. The Kier molecular flexibility index (Phi) is 6.55. The predicted molar refractivity (Wildman–Crippen MR) is 41.0 cm³/mol. The number of hydrogen-bond donors (Lipinski definition) is 0. The van der Waals surface area contributed by atoms with Gasteiger partial charge in [0.15, 0.2) is 0 Å². The number of rotatable bonds is 5. The minimum Gasteiger partial charge on any atom is -0.380 e. The lowest BCUT2D eigenvalue weighted by molar-refractivity contribution is 0.134. The summed E-state index contributed by atoms with van der Waals surface area (Å²) >= 11 is 5.63. The van der Waals surface area contributed by atoms with Crippen molar-refractivity contribution in [2.45, 2.75) is 32.1 Å². The normalized spacial score (nSPS) is 13.7. The van der Waals surface area contributed by atoms with Gasteiger partial charge in [0.2, 0.25) is 0 Å². The summed E-state index contributed by atoms with van der Waals surface area (Å²) in [6, 6.07) is 0. The van der Waals surface area contributed by atoms with Crippen LogP contribution in [0.15, 0.2) is 0 Å². The summed E-state index contributed by atoms with van der Waals surface area (Å²) in [4.78, 5) is 0. The van der Waals surface area contributed by atoms with Crippen LogP contribution >= 0.6 is 11.6 Å². The molecule has 56 valence electrons. The molecule has 0 bridgehead atoms. The molecule has 0 spiro atoms. The Bertz CT molecular complexity index is 54.9. The first-order valence-corrected chi connectivity index (χ1v) is 3.92. The van der Waals surface area contributed by atoms with E-state index in [1.165, 1.54) is 6.42 Å². The summed E-state index contributed by atoms with van der Waals surface area (Å²) in [5.74, 6) is 0. The van der Waals surface area contributed by atoms with E-state index in [0.29, 0.717) is 6.61 Å². The smallest absolute Gasteiger partial charge is 0.0627 e. The Morgan fingerprint density at radius 2 is 2.22 bits per heavy atom. The second kappa shape index (κ2) is 6.37. The van der Waals surface area contributed by atoms with Gasteiger partial charge < -0.3 is 4.74 Å². The molecular formula is C7H15ClO. The van der Waals surface area contributed by atoms with E-state index in [1.54, 1.807) is 0 Å². The number of hydrogen-bond acceptors (Lipinski definition) is 1. The maximum absolute atomic E-state index is 5.63. The molecule has 1 unspecified atom stereocenters. The first-order valence-electron chi connectivity index (χ1n) is 3.49. The van der Waals surface area contributed by atoms with E-state index in [4.69, 9.17) is 16.3 Å². The van der Waals surface area contributed by atoms with E-state index in [-0.39, 0.29) is 5.38 Å². The van der Waals surface area contributed by atoms with E-state index < -0.39 is 0 Å². The highest BCUT2D eigenvalue weighted by Gasteiger charge is 1.93. The van der Waals surface area contributed by atoms with Gasteiger partial charge in [0, 0.05) is 6.61 Å². The summed E-state index contributed by atoms with van der Waals surface area (Å²) < 4.78 is 5.20. The first-order chi connectivity index (χ1) is 4.27. The number of halogens is 1. The maximum Gasteiger partial charge on any atom is 0.0627 e. The fourth-order valence-electron chi connectivity index (χ4n) is 0.492. The van der Waals surface area contributed by atoms with Crippen molar-refractivity contribution < 1.29 is 4.74 Å². The van der Waals surface area contributed by atoms with E-state index >= 15 is 0 Å². The molecule has 0 aliphatic heterocycles. The molecule has 0 aromatic rings. The number of ether oxygens (including phenoxy) is 1. The van der Waals surface area contributed by atoms with Crippen LogP contribution in [0.5, 0.6) is 0 Å². The Morgan fingerprint density at radius 3 is 2.67 bits per heavy atom. The molecule has 0 radical (unpaired) electrons. The monoisotopic (exact) mass is 150 g/mol. The molecule has 0 fully saturated rings. The van der Waals surface area contributed by atoms with Crippen molar-refractivity contribution >= 4 is 11.6 Å². The first kappa shape index (κ1) is 9.25. The fraction of sp³-hybridized carbons (Fsp3) is 1.00. The standard InChI is InChI=1S/C7H15ClO/c1-3-4-5-9-6-7(2)8/h7H,3-6H2,1-2H3. The molecule has 0 aromatic heterocycles. The fourth-order valence-corrected chi connectivity index (χ4v) is 0.581. The van der Waals surface area contributed by atoms with Crippen molar-refractivity contribution in [2.24, 2.45) is 0 Å². The van der Waals surface area contributed by atoms with Crippen molar-refractivity contribution in [3.05, 3.63) is 0 Å². The molecule has 2 heteroatoms. The van der Waals surface area contributed by atoms with Crippen molar-refractivity contribution in [1.82, 2.24) is 0 Å². The molecule has 0 heterocycles. The summed E-state index contributed by atoms with van der Waals surface area (Å²) in [5, 5.41) is 0.154. The van der Waals surface area contributed by atoms with Gasteiger partial charge in [-0.25, -0.2) is 0 Å². The number of alkyl halides is 1. The van der Waals surface area contributed by atoms with Gasteiger partial charge in [0.25, 0.3) is 0 Å². The minimum absolute atomic E-state index is 0.154. The SMILES string of the molecule is CCCCOCC(C)Cl. The molecule has 0 saturated heterocycles. The van der Waals surface area contributed by atoms with Crippen LogP contribution in [0.3, 0.4) is 0 Å². The Hall–Kier alpha value is 0.250. The summed E-state index contributed by atoms with van der Waals surface area (Å²) in [7, 11) is 0. The molecule has 1 atom stereocenters. The second-order valence-electron chi connectivity index (χ2n) is 2.21. The molecule has 0 saturated carbocycles. The molecule has 0 amide bonds. The zero-order valence-corrected chi connectivity index (χ0v) is 6.95. The van der Waals surface area contributed by atoms with E-state index in [0.717, 1.165) is 13.0 Å². The van der Waals surface area contributed by atoms with Crippen LogP contribution in [0.4, 0.5) is 0 Å². The van der Waals surface area contributed by atoms with Gasteiger partial charge in [-0.1, -0.05) is 13.3 Å². The predicted octanol–water partition coefficient (Wildman–Crippen LogP) is 2.43. The van der Waals surface area contributed by atoms with Crippen LogP contribution in [-0.2, 0) is 4.74 Å². The zero-order chi connectivity index (χ0) is 7.11. The van der Waals surface area contributed by atoms with Crippen LogP contribution < -0.4 is 0 Å². The second-order valence-corrected chi connectivity index (χ2v) is 2.95. The molecule has 0 aromatic carbocycles. The maximum atomic E-state index is 5.63. The van der Waals surface area contributed by atoms with Gasteiger partial charge >= 0.3 is 0 Å². The lowest BCUT2D eigenvalue weighted by atomic mass is 10.4. The van der Waals surface area contributed by atoms with Crippen LogP contribution in [0, 0.1) is 0 Å². The van der Waals surface area contributed by atoms with Gasteiger partial charge in [-0.15, -0.1) is 11.6 Å². The highest BCUT2D eigenvalue weighted by atomic mass is 35.5. The molecule has 0 rings (SSSR count). The molecule has 0 N–H and O–H groups in total. The van der Waals surface area contributed by atoms with Crippen LogP contribution in [0.25, 0.3) is 0 Å². The van der Waals surface area contributed by atoms with Gasteiger partial charge in [0.1, 0.15) is 0 Å². The summed E-state index contributed by atoms with van der Waals surface area (Å²) in [6.45, 7) is 5.62. The molecule has 0 aliphatic carbocycles. The quantitative estimate of drug-likeness (QED) is 0.432. The third-order valence-electron chi connectivity index (χ3n) is 0.990. The van der Waals surface area contributed by atoms with Crippen LogP contribution in [0.1, 0.15) is 26.7 Å². The summed E-state index contributed by atoms with van der Waals surface area (Å²) in [5.41, 5.74) is 0. The highest BCUT2D eigenvalue weighted by Crippen LogP contribution is 1.95. The van der Waals surface area contributed by atoms with Gasteiger partial charge in [-0.05, 0) is 13.3 Å². The van der Waals surface area contributed by atoms with Crippen molar-refractivity contribution in [3.63, 3.8) is 0 Å². The zero-order valence-electron chi connectivity index (χ0n) is 6.19. The molecule has 0 aliphatic rings. The summed E-state index contributed by atoms with van der Waals surface area (Å²) in [6.07, 6.45) is 2.33. The average molecular weight is 151 g/mol. The average Bonchev–Trinajstić information content (AvgIpc) is 1.80. The van der Waals surface area contributed by atoms with Gasteiger partial charge in [0.05, 0.1) is 12.0 Å². The number of unbranched alkanes of at least 4 members (excludes halogenated alkanes) is 1. The molecular weight excluding hydrogens is 136 g/mol. The minimum atomic E-state index is 0.154. The van der Waals surface area contributed by atoms with Crippen LogP contribution in [-0.4, -0.2) is 18.6 Å². The Morgan fingerprint density at radius 1 is 1.56 bits per heavy atom. The Labute approximate surface area is 62.3 Å². The third-order valence-corrected chi connectivity index (χ3v) is 1.12. The van der Waals surface area contributed by atoms with Crippen molar-refractivity contribution in [1.29, 1.82) is 0 Å². The highest BCUT2D eigenvalue weighted by molar-refractivity contribution is 6.20. The largest absolute Gasteiger partial charge is 0.380 e. The van der Waals surface area contributed by atoms with Gasteiger partial charge in [-0.3, -0.25) is 0 Å². The van der Waals surface area contributed by atoms with Gasteiger partial charge in [-0.2, -0.15) is 0 Å². The Balaban J connectivity index is 2.75.